The fourth-order valence-corrected chi connectivity index (χ4v) is 0.946. The number of rotatable bonds is 2. The van der Waals surface area contributed by atoms with Crippen molar-refractivity contribution in [1.82, 2.24) is 9.55 Å². The van der Waals surface area contributed by atoms with E-state index in [1.54, 1.807) is 13.2 Å². The predicted molar refractivity (Wildman–Crippen MR) is 60.7 cm³/mol. The molecule has 14 heavy (non-hydrogen) atoms. The monoisotopic (exact) mass is 193 g/mol. The van der Waals surface area contributed by atoms with Crippen LogP contribution in [0.25, 0.3) is 5.70 Å². The maximum Gasteiger partial charge on any atom is 0.228 e. The molecule has 78 valence electrons. The first-order valence-corrected chi connectivity index (χ1v) is 4.94. The third kappa shape index (κ3) is 3.17. The van der Waals surface area contributed by atoms with E-state index in [0.29, 0.717) is 5.62 Å². The maximum absolute atomic E-state index is 4.10. The molecule has 3 heteroatoms. The molecule has 0 spiro atoms. The van der Waals surface area contributed by atoms with Crippen LogP contribution in [0.5, 0.6) is 0 Å². The highest BCUT2D eigenvalue weighted by Gasteiger charge is 1.94. The lowest BCUT2D eigenvalue weighted by molar-refractivity contribution is 0.854. The predicted octanol–water partition coefficient (Wildman–Crippen LogP) is 2.32. The highest BCUT2D eigenvalue weighted by molar-refractivity contribution is 5.39. The average Bonchev–Trinajstić information content (AvgIpc) is 2.30. The van der Waals surface area contributed by atoms with Crippen molar-refractivity contribution in [1.29, 1.82) is 0 Å². The molecule has 0 amide bonds. The van der Waals surface area contributed by atoms with Crippen LogP contribution in [0.2, 0.25) is 0 Å². The first kappa shape index (κ1) is 12.6. The summed E-state index contributed by atoms with van der Waals surface area (Å²) in [5, 5.41) is 0. The summed E-state index contributed by atoms with van der Waals surface area (Å²) in [6, 6.07) is 1.87. The van der Waals surface area contributed by atoms with Crippen LogP contribution in [0.3, 0.4) is 0 Å². The Labute approximate surface area is 85.8 Å². The van der Waals surface area contributed by atoms with Crippen molar-refractivity contribution in [2.24, 2.45) is 4.99 Å². The van der Waals surface area contributed by atoms with E-state index in [0.717, 1.165) is 12.1 Å². The lowest BCUT2D eigenvalue weighted by atomic mass is 10.4. The van der Waals surface area contributed by atoms with Gasteiger partial charge in [0.1, 0.15) is 0 Å². The van der Waals surface area contributed by atoms with Crippen LogP contribution in [0.15, 0.2) is 30.0 Å². The van der Waals surface area contributed by atoms with E-state index in [-0.39, 0.29) is 0 Å². The van der Waals surface area contributed by atoms with Gasteiger partial charge in [0.2, 0.25) is 5.62 Å². The molecule has 1 aromatic rings. The van der Waals surface area contributed by atoms with Crippen LogP contribution in [0, 0.1) is 0 Å². The van der Waals surface area contributed by atoms with Crippen molar-refractivity contribution < 1.29 is 0 Å². The van der Waals surface area contributed by atoms with Gasteiger partial charge >= 0.3 is 0 Å². The molecule has 0 saturated heterocycles. The Morgan fingerprint density at radius 3 is 2.71 bits per heavy atom. The minimum absolute atomic E-state index is 0.698. The Balaban J connectivity index is 0.000000791. The van der Waals surface area contributed by atoms with Gasteiger partial charge in [0.05, 0.1) is 0 Å². The Kier molecular flexibility index (Phi) is 6.37. The Bertz CT molecular complexity index is 336. The second-order valence-electron chi connectivity index (χ2n) is 2.43. The summed E-state index contributed by atoms with van der Waals surface area (Å²) >= 11 is 0. The van der Waals surface area contributed by atoms with Gasteiger partial charge in [-0.3, -0.25) is 9.56 Å². The van der Waals surface area contributed by atoms with Crippen molar-refractivity contribution in [3.05, 3.63) is 30.7 Å². The molecule has 1 aromatic heterocycles. The van der Waals surface area contributed by atoms with Crippen molar-refractivity contribution in [2.45, 2.75) is 27.2 Å². The molecule has 3 nitrogen and oxygen atoms in total. The van der Waals surface area contributed by atoms with Crippen LogP contribution < -0.4 is 5.62 Å². The van der Waals surface area contributed by atoms with Gasteiger partial charge in [0, 0.05) is 25.1 Å². The highest BCUT2D eigenvalue weighted by Crippen LogP contribution is 2.00. The molecule has 0 atom stereocenters. The second kappa shape index (κ2) is 7.06. The molecule has 0 radical (unpaired) electrons. The molecule has 1 rings (SSSR count). The number of nitrogens with zero attached hydrogens (tertiary/aromatic N) is 3. The van der Waals surface area contributed by atoms with Gasteiger partial charge in [0.25, 0.3) is 0 Å². The summed E-state index contributed by atoms with van der Waals surface area (Å²) in [4.78, 5) is 8.13. The van der Waals surface area contributed by atoms with Crippen LogP contribution in [0.1, 0.15) is 27.2 Å². The van der Waals surface area contributed by atoms with Gasteiger partial charge in [-0.2, -0.15) is 0 Å². The molecule has 0 aliphatic rings. The zero-order chi connectivity index (χ0) is 11.0. The fraction of sp³-hybridized carbons (Fsp3) is 0.455. The Morgan fingerprint density at radius 1 is 1.57 bits per heavy atom. The molecule has 0 aromatic carbocycles. The fourth-order valence-electron chi connectivity index (χ4n) is 0.946. The molecule has 0 N–H and O–H groups in total. The van der Waals surface area contributed by atoms with E-state index in [2.05, 4.69) is 23.5 Å². The van der Waals surface area contributed by atoms with Crippen LogP contribution >= 0.6 is 0 Å². The quantitative estimate of drug-likeness (QED) is 0.709. The maximum atomic E-state index is 4.10. The number of allylic oxidation sites excluding steroid dienone is 1. The normalized spacial score (nSPS) is 10.4. The Morgan fingerprint density at radius 2 is 2.21 bits per heavy atom. The first-order valence-electron chi connectivity index (χ1n) is 4.94. The summed E-state index contributed by atoms with van der Waals surface area (Å²) in [5.41, 5.74) is 1.70. The van der Waals surface area contributed by atoms with E-state index in [4.69, 9.17) is 0 Å². The van der Waals surface area contributed by atoms with Crippen molar-refractivity contribution >= 4 is 5.70 Å². The van der Waals surface area contributed by atoms with Gasteiger partial charge in [-0.25, -0.2) is 4.98 Å². The van der Waals surface area contributed by atoms with E-state index in [9.17, 15) is 0 Å². The zero-order valence-corrected chi connectivity index (χ0v) is 9.49. The molecule has 0 aliphatic carbocycles. The van der Waals surface area contributed by atoms with Crippen molar-refractivity contribution in [3.63, 3.8) is 0 Å². The summed E-state index contributed by atoms with van der Waals surface area (Å²) in [5.74, 6) is 0. The van der Waals surface area contributed by atoms with Gasteiger partial charge in [-0.1, -0.05) is 27.4 Å². The molecular formula is C11H19N3. The average molecular weight is 193 g/mol. The van der Waals surface area contributed by atoms with Crippen LogP contribution in [-0.2, 0) is 0 Å². The molecule has 0 fully saturated rings. The summed E-state index contributed by atoms with van der Waals surface area (Å²) in [7, 11) is 1.72. The minimum Gasteiger partial charge on any atom is -0.291 e. The standard InChI is InChI=1S/C9H13N3.C2H6/c1-4-8(2)12-7-5-6-11-9(12)10-3;1-2/h5-7H,2,4H2,1,3H3;1-2H3. The SMILES string of the molecule is C=C(CC)n1cccnc1=NC.CC. The van der Waals surface area contributed by atoms with E-state index in [1.807, 2.05) is 30.7 Å². The van der Waals surface area contributed by atoms with Gasteiger partial charge in [-0.15, -0.1) is 0 Å². The smallest absolute Gasteiger partial charge is 0.228 e. The molecular weight excluding hydrogens is 174 g/mol. The van der Waals surface area contributed by atoms with E-state index < -0.39 is 0 Å². The molecule has 0 saturated carbocycles. The summed E-state index contributed by atoms with van der Waals surface area (Å²) in [6.45, 7) is 9.97. The topological polar surface area (TPSA) is 30.2 Å². The number of hydrogen-bond acceptors (Lipinski definition) is 2. The summed E-state index contributed by atoms with van der Waals surface area (Å²) < 4.78 is 1.89. The molecule has 0 bridgehead atoms. The second-order valence-corrected chi connectivity index (χ2v) is 2.43. The van der Waals surface area contributed by atoms with Gasteiger partial charge in [0.15, 0.2) is 0 Å². The minimum atomic E-state index is 0.698. The third-order valence-corrected chi connectivity index (χ3v) is 1.68. The Hall–Kier alpha value is -1.38. The van der Waals surface area contributed by atoms with E-state index in [1.165, 1.54) is 0 Å². The van der Waals surface area contributed by atoms with Gasteiger partial charge in [-0.05, 0) is 12.5 Å². The van der Waals surface area contributed by atoms with Crippen molar-refractivity contribution in [3.8, 4) is 0 Å². The molecule has 1 heterocycles. The summed E-state index contributed by atoms with van der Waals surface area (Å²) in [6.07, 6.45) is 4.54. The number of aromatic nitrogens is 2. The van der Waals surface area contributed by atoms with Crippen molar-refractivity contribution in [2.75, 3.05) is 7.05 Å². The number of hydrogen-bond donors (Lipinski definition) is 0. The largest absolute Gasteiger partial charge is 0.291 e. The lowest BCUT2D eigenvalue weighted by Crippen LogP contribution is -2.21. The zero-order valence-electron chi connectivity index (χ0n) is 9.49. The van der Waals surface area contributed by atoms with Crippen LogP contribution in [0.4, 0.5) is 0 Å². The molecule has 0 aliphatic heterocycles. The van der Waals surface area contributed by atoms with Gasteiger partial charge < -0.3 is 0 Å². The first-order chi connectivity index (χ1) is 6.79. The molecule has 0 unspecified atom stereocenters. The highest BCUT2D eigenvalue weighted by atomic mass is 15.1. The lowest BCUT2D eigenvalue weighted by Gasteiger charge is -2.05. The van der Waals surface area contributed by atoms with E-state index >= 15 is 0 Å². The van der Waals surface area contributed by atoms with Crippen LogP contribution in [-0.4, -0.2) is 16.6 Å². The third-order valence-electron chi connectivity index (χ3n) is 1.68.